The minimum Gasteiger partial charge on any atom is -0.462 e. The molecule has 0 aliphatic heterocycles. The molecule has 1 atom stereocenters. The molecule has 0 aromatic carbocycles. The summed E-state index contributed by atoms with van der Waals surface area (Å²) < 4.78 is 16.8. The second kappa shape index (κ2) is 63.1. The summed E-state index contributed by atoms with van der Waals surface area (Å²) in [5.41, 5.74) is 0. The predicted molar refractivity (Wildman–Crippen MR) is 325 cm³/mol. The third kappa shape index (κ3) is 61.3. The topological polar surface area (TPSA) is 78.9 Å². The smallest absolute Gasteiger partial charge is 0.306 e. The van der Waals surface area contributed by atoms with Gasteiger partial charge in [-0.2, -0.15) is 0 Å². The molecule has 0 N–H and O–H groups in total. The van der Waals surface area contributed by atoms with Gasteiger partial charge in [0.2, 0.25) is 0 Å². The van der Waals surface area contributed by atoms with Crippen molar-refractivity contribution in [1.29, 1.82) is 0 Å². The van der Waals surface area contributed by atoms with Crippen molar-refractivity contribution in [3.8, 4) is 0 Å². The predicted octanol–water partition coefficient (Wildman–Crippen LogP) is 21.9. The molecule has 0 radical (unpaired) electrons. The van der Waals surface area contributed by atoms with Crippen LogP contribution in [0.4, 0.5) is 0 Å². The quantitative estimate of drug-likeness (QED) is 0.0261. The summed E-state index contributed by atoms with van der Waals surface area (Å²) in [5.74, 6) is -0.861. The highest BCUT2D eigenvalue weighted by molar-refractivity contribution is 5.71. The molecule has 6 heteroatoms. The van der Waals surface area contributed by atoms with Crippen LogP contribution < -0.4 is 0 Å². The lowest BCUT2D eigenvalue weighted by Gasteiger charge is -2.18. The van der Waals surface area contributed by atoms with E-state index in [9.17, 15) is 14.4 Å². The summed E-state index contributed by atoms with van der Waals surface area (Å²) in [6.45, 7) is 6.53. The number of carbonyl (C=O) groups is 3. The van der Waals surface area contributed by atoms with Crippen LogP contribution in [0.2, 0.25) is 0 Å². The van der Waals surface area contributed by atoms with Crippen LogP contribution in [0.5, 0.6) is 0 Å². The molecule has 0 heterocycles. The van der Waals surface area contributed by atoms with E-state index in [0.29, 0.717) is 19.3 Å². The maximum Gasteiger partial charge on any atom is 0.306 e. The van der Waals surface area contributed by atoms with Gasteiger partial charge < -0.3 is 14.2 Å². The molecule has 0 fully saturated rings. The Bertz CT molecular complexity index is 1430. The fourth-order valence-corrected chi connectivity index (χ4v) is 9.13. The van der Waals surface area contributed by atoms with Gasteiger partial charge in [0.15, 0.2) is 6.10 Å². The minimum atomic E-state index is -0.770. The SMILES string of the molecule is CC/C=C\C/C=C\C/C=C\C/C=C\C/C=C\C/C=C\C/C=C\CCCCCCCCCCCCCCCC(=O)OCC(COC(=O)CCCCCCCCCCC)OC(=O)CCCCCCCCCCCCCCC. The van der Waals surface area contributed by atoms with Gasteiger partial charge in [-0.25, -0.2) is 0 Å². The molecule has 432 valence electrons. The lowest BCUT2D eigenvalue weighted by Crippen LogP contribution is -2.30. The van der Waals surface area contributed by atoms with Crippen LogP contribution >= 0.6 is 0 Å². The number of hydrogen-bond acceptors (Lipinski definition) is 6. The summed E-state index contributed by atoms with van der Waals surface area (Å²) in [4.78, 5) is 38.1. The normalized spacial score (nSPS) is 12.6. The van der Waals surface area contributed by atoms with Crippen LogP contribution in [0, 0.1) is 0 Å². The van der Waals surface area contributed by atoms with Crippen LogP contribution in [-0.2, 0) is 28.6 Å². The van der Waals surface area contributed by atoms with Crippen molar-refractivity contribution in [2.45, 2.75) is 322 Å². The standard InChI is InChI=1S/C69H120O6/c1-4-7-10-13-16-19-21-23-24-25-26-27-28-29-30-31-32-33-34-35-36-37-38-39-40-41-42-43-44-46-47-50-53-56-59-62-68(71)74-65-66(64-73-67(70)61-58-55-52-49-18-15-12-9-6-3)75-69(72)63-60-57-54-51-48-45-22-20-17-14-11-8-5-2/h7,10,16,19,23-24,26-27,29-30,32-33,35-36,66H,4-6,8-9,11-15,17-18,20-22,25,28,31,34,37-65H2,1-3H3/b10-7-,19-16-,24-23-,27-26-,30-29-,33-32-,36-35-. The molecule has 0 amide bonds. The molecule has 0 bridgehead atoms. The average Bonchev–Trinajstić information content (AvgIpc) is 3.41. The first kappa shape index (κ1) is 71.6. The first-order valence-electron chi connectivity index (χ1n) is 32.1. The molecule has 75 heavy (non-hydrogen) atoms. The van der Waals surface area contributed by atoms with Crippen molar-refractivity contribution in [2.24, 2.45) is 0 Å². The van der Waals surface area contributed by atoms with Gasteiger partial charge in [-0.15, -0.1) is 0 Å². The number of rotatable bonds is 58. The second-order valence-corrected chi connectivity index (χ2v) is 21.3. The Hall–Kier alpha value is -3.41. The van der Waals surface area contributed by atoms with Crippen LogP contribution in [0.1, 0.15) is 316 Å². The maximum absolute atomic E-state index is 12.8. The van der Waals surface area contributed by atoms with Crippen LogP contribution in [-0.4, -0.2) is 37.2 Å². The van der Waals surface area contributed by atoms with Gasteiger partial charge in [-0.05, 0) is 77.0 Å². The Kier molecular flexibility index (Phi) is 60.3. The lowest BCUT2D eigenvalue weighted by atomic mass is 10.0. The second-order valence-electron chi connectivity index (χ2n) is 21.3. The zero-order chi connectivity index (χ0) is 54.3. The van der Waals surface area contributed by atoms with Gasteiger partial charge in [0.05, 0.1) is 0 Å². The van der Waals surface area contributed by atoms with Gasteiger partial charge in [-0.1, -0.05) is 305 Å². The van der Waals surface area contributed by atoms with Gasteiger partial charge in [0.25, 0.3) is 0 Å². The van der Waals surface area contributed by atoms with Crippen molar-refractivity contribution < 1.29 is 28.6 Å². The van der Waals surface area contributed by atoms with Crippen LogP contribution in [0.3, 0.4) is 0 Å². The maximum atomic E-state index is 12.8. The molecule has 0 aliphatic rings. The molecular formula is C69H120O6. The Morgan fingerprint density at radius 2 is 0.520 bits per heavy atom. The van der Waals surface area contributed by atoms with E-state index >= 15 is 0 Å². The molecule has 1 unspecified atom stereocenters. The minimum absolute atomic E-state index is 0.0704. The van der Waals surface area contributed by atoms with Crippen LogP contribution in [0.25, 0.3) is 0 Å². The van der Waals surface area contributed by atoms with E-state index in [1.54, 1.807) is 0 Å². The molecule has 0 saturated carbocycles. The fourth-order valence-electron chi connectivity index (χ4n) is 9.13. The number of ether oxygens (including phenoxy) is 3. The molecular weight excluding hydrogens is 925 g/mol. The van der Waals surface area contributed by atoms with E-state index in [1.165, 1.54) is 173 Å². The van der Waals surface area contributed by atoms with E-state index in [-0.39, 0.29) is 31.1 Å². The molecule has 0 aromatic rings. The average molecular weight is 1050 g/mol. The summed E-state index contributed by atoms with van der Waals surface area (Å²) in [6.07, 6.45) is 83.2. The Labute approximate surface area is 465 Å². The largest absolute Gasteiger partial charge is 0.462 e. The van der Waals surface area contributed by atoms with Crippen molar-refractivity contribution in [1.82, 2.24) is 0 Å². The Balaban J connectivity index is 4.05. The highest BCUT2D eigenvalue weighted by Gasteiger charge is 2.19. The van der Waals surface area contributed by atoms with Gasteiger partial charge in [0, 0.05) is 19.3 Å². The number of unbranched alkanes of at least 4 members (excludes halogenated alkanes) is 33. The van der Waals surface area contributed by atoms with Crippen molar-refractivity contribution in [3.63, 3.8) is 0 Å². The third-order valence-electron chi connectivity index (χ3n) is 13.9. The van der Waals surface area contributed by atoms with E-state index < -0.39 is 6.10 Å². The Morgan fingerprint density at radius 1 is 0.280 bits per heavy atom. The number of carbonyl (C=O) groups excluding carboxylic acids is 3. The number of allylic oxidation sites excluding steroid dienone is 14. The third-order valence-corrected chi connectivity index (χ3v) is 13.9. The monoisotopic (exact) mass is 1040 g/mol. The summed E-state index contributed by atoms with van der Waals surface area (Å²) in [5, 5.41) is 0. The molecule has 0 spiro atoms. The summed E-state index contributed by atoms with van der Waals surface area (Å²) >= 11 is 0. The first-order chi connectivity index (χ1) is 37.0. The van der Waals surface area contributed by atoms with Crippen LogP contribution in [0.15, 0.2) is 85.1 Å². The van der Waals surface area contributed by atoms with E-state index in [0.717, 1.165) is 103 Å². The molecule has 0 aromatic heterocycles. The highest BCUT2D eigenvalue weighted by Crippen LogP contribution is 2.17. The molecule has 6 nitrogen and oxygen atoms in total. The van der Waals surface area contributed by atoms with Crippen molar-refractivity contribution >= 4 is 17.9 Å². The van der Waals surface area contributed by atoms with E-state index in [2.05, 4.69) is 106 Å². The van der Waals surface area contributed by atoms with Gasteiger partial charge >= 0.3 is 17.9 Å². The number of hydrogen-bond donors (Lipinski definition) is 0. The summed E-state index contributed by atoms with van der Waals surface area (Å²) in [7, 11) is 0. The fraction of sp³-hybridized carbons (Fsp3) is 0.754. The van der Waals surface area contributed by atoms with Gasteiger partial charge in [0.1, 0.15) is 13.2 Å². The Morgan fingerprint density at radius 3 is 0.813 bits per heavy atom. The zero-order valence-electron chi connectivity index (χ0n) is 49.6. The molecule has 0 aliphatic carbocycles. The summed E-state index contributed by atoms with van der Waals surface area (Å²) in [6, 6.07) is 0. The number of esters is 3. The van der Waals surface area contributed by atoms with Crippen molar-refractivity contribution in [2.75, 3.05) is 13.2 Å². The zero-order valence-corrected chi connectivity index (χ0v) is 49.6. The van der Waals surface area contributed by atoms with Gasteiger partial charge in [-0.3, -0.25) is 14.4 Å². The van der Waals surface area contributed by atoms with E-state index in [4.69, 9.17) is 14.2 Å². The lowest BCUT2D eigenvalue weighted by molar-refractivity contribution is -0.167. The van der Waals surface area contributed by atoms with Crippen molar-refractivity contribution in [3.05, 3.63) is 85.1 Å². The van der Waals surface area contributed by atoms with E-state index in [1.807, 2.05) is 0 Å². The molecule has 0 saturated heterocycles. The first-order valence-corrected chi connectivity index (χ1v) is 32.1. The highest BCUT2D eigenvalue weighted by atomic mass is 16.6. The molecule has 0 rings (SSSR count).